The standard InChI is InChI=1S/C24H48NO2.ClH/c1-7-9-10-11-12-13-14-15-16-17-18-19-20-21-23(25(5,6)8-2)27-24(26)22(3)4;/h23H,3,7-21H2,1-2,4-6H3;1H/q+1;/p-1. The lowest BCUT2D eigenvalue weighted by atomic mass is 10.0. The van der Waals surface area contributed by atoms with Crippen LogP contribution in [0.5, 0.6) is 0 Å². The zero-order valence-electron chi connectivity index (χ0n) is 19.5. The SMILES string of the molecule is C=C(C)C(=O)OC(CCCCCCCCCCCCCCC)[N+](C)(C)CC.[Cl-]. The van der Waals surface area contributed by atoms with Gasteiger partial charge in [-0.2, -0.15) is 0 Å². The van der Waals surface area contributed by atoms with Crippen molar-refractivity contribution in [1.82, 2.24) is 0 Å². The molecule has 0 aliphatic rings. The topological polar surface area (TPSA) is 26.3 Å². The number of ether oxygens (including phenoxy) is 1. The summed E-state index contributed by atoms with van der Waals surface area (Å²) in [6.45, 7) is 10.8. The Hall–Kier alpha value is -0.540. The van der Waals surface area contributed by atoms with E-state index in [0.717, 1.165) is 23.9 Å². The van der Waals surface area contributed by atoms with Crippen molar-refractivity contribution in [3.8, 4) is 0 Å². The zero-order valence-corrected chi connectivity index (χ0v) is 20.3. The third kappa shape index (κ3) is 15.4. The largest absolute Gasteiger partial charge is 1.00 e. The molecule has 1 atom stereocenters. The van der Waals surface area contributed by atoms with Gasteiger partial charge in [-0.15, -0.1) is 0 Å². The van der Waals surface area contributed by atoms with Crippen LogP contribution in [0.25, 0.3) is 0 Å². The molecule has 3 nitrogen and oxygen atoms in total. The van der Waals surface area contributed by atoms with Crippen LogP contribution < -0.4 is 12.4 Å². The lowest BCUT2D eigenvalue weighted by Gasteiger charge is -2.36. The number of quaternary nitrogens is 1. The lowest BCUT2D eigenvalue weighted by Crippen LogP contribution is -3.00. The Balaban J connectivity index is 0. The van der Waals surface area contributed by atoms with Gasteiger partial charge >= 0.3 is 5.97 Å². The van der Waals surface area contributed by atoms with E-state index in [-0.39, 0.29) is 24.6 Å². The van der Waals surface area contributed by atoms with Crippen LogP contribution >= 0.6 is 0 Å². The van der Waals surface area contributed by atoms with Gasteiger partial charge in [-0.1, -0.05) is 90.6 Å². The smallest absolute Gasteiger partial charge is 0.337 e. The Bertz CT molecular complexity index is 396. The van der Waals surface area contributed by atoms with E-state index in [1.807, 2.05) is 0 Å². The summed E-state index contributed by atoms with van der Waals surface area (Å²) in [6.07, 6.45) is 18.5. The fraction of sp³-hybridized carbons (Fsp3) is 0.875. The molecule has 0 saturated heterocycles. The molecule has 0 aromatic carbocycles. The highest BCUT2D eigenvalue weighted by atomic mass is 35.5. The van der Waals surface area contributed by atoms with Gasteiger partial charge in [0.25, 0.3) is 0 Å². The molecule has 0 spiro atoms. The lowest BCUT2D eigenvalue weighted by molar-refractivity contribution is -0.933. The Morgan fingerprint density at radius 2 is 1.21 bits per heavy atom. The summed E-state index contributed by atoms with van der Waals surface area (Å²) in [4.78, 5) is 11.9. The molecule has 0 aromatic rings. The van der Waals surface area contributed by atoms with Crippen LogP contribution in [0, 0.1) is 0 Å². The van der Waals surface area contributed by atoms with E-state index >= 15 is 0 Å². The predicted molar refractivity (Wildman–Crippen MR) is 118 cm³/mol. The molecule has 0 N–H and O–H groups in total. The van der Waals surface area contributed by atoms with Crippen LogP contribution in [-0.2, 0) is 9.53 Å². The molecule has 0 aliphatic carbocycles. The average molecular weight is 418 g/mol. The van der Waals surface area contributed by atoms with E-state index in [1.54, 1.807) is 6.92 Å². The maximum atomic E-state index is 11.9. The number of halogens is 1. The molecular formula is C24H48ClNO2. The molecule has 0 radical (unpaired) electrons. The van der Waals surface area contributed by atoms with Crippen molar-refractivity contribution in [2.24, 2.45) is 0 Å². The van der Waals surface area contributed by atoms with E-state index < -0.39 is 0 Å². The van der Waals surface area contributed by atoms with E-state index in [1.165, 1.54) is 77.0 Å². The first kappa shape index (κ1) is 29.7. The van der Waals surface area contributed by atoms with E-state index in [2.05, 4.69) is 34.5 Å². The van der Waals surface area contributed by atoms with Gasteiger partial charge in [0.1, 0.15) is 0 Å². The molecule has 0 saturated carbocycles. The van der Waals surface area contributed by atoms with Crippen molar-refractivity contribution in [3.05, 3.63) is 12.2 Å². The molecule has 0 aromatic heterocycles. The Kier molecular flexibility index (Phi) is 19.6. The summed E-state index contributed by atoms with van der Waals surface area (Å²) >= 11 is 0. The van der Waals surface area contributed by atoms with Crippen LogP contribution in [0.3, 0.4) is 0 Å². The summed E-state index contributed by atoms with van der Waals surface area (Å²) in [5.41, 5.74) is 0.487. The minimum absolute atomic E-state index is 0. The van der Waals surface area contributed by atoms with Crippen molar-refractivity contribution in [2.45, 2.75) is 117 Å². The Morgan fingerprint density at radius 1 is 0.821 bits per heavy atom. The molecule has 0 bridgehead atoms. The van der Waals surface area contributed by atoms with E-state index in [9.17, 15) is 4.79 Å². The number of unbranched alkanes of at least 4 members (excludes halogenated alkanes) is 12. The zero-order chi connectivity index (χ0) is 20.5. The number of hydrogen-bond donors (Lipinski definition) is 0. The van der Waals surface area contributed by atoms with Crippen LogP contribution in [0.15, 0.2) is 12.2 Å². The molecule has 4 heteroatoms. The van der Waals surface area contributed by atoms with Crippen molar-refractivity contribution >= 4 is 5.97 Å². The fourth-order valence-corrected chi connectivity index (χ4v) is 3.32. The molecule has 1 unspecified atom stereocenters. The number of rotatable bonds is 18. The van der Waals surface area contributed by atoms with Gasteiger partial charge < -0.3 is 17.1 Å². The molecule has 168 valence electrons. The summed E-state index contributed by atoms with van der Waals surface area (Å²) in [5.74, 6) is -0.255. The van der Waals surface area contributed by atoms with Gasteiger partial charge in [-0.25, -0.2) is 4.79 Å². The number of esters is 1. The quantitative estimate of drug-likeness (QED) is 0.111. The highest BCUT2D eigenvalue weighted by Crippen LogP contribution is 2.19. The van der Waals surface area contributed by atoms with Crippen LogP contribution in [0.2, 0.25) is 0 Å². The normalized spacial score (nSPS) is 12.3. The van der Waals surface area contributed by atoms with Gasteiger partial charge in [0.2, 0.25) is 6.23 Å². The predicted octanol–water partition coefficient (Wildman–Crippen LogP) is 4.01. The van der Waals surface area contributed by atoms with Gasteiger partial charge in [0.15, 0.2) is 0 Å². The highest BCUT2D eigenvalue weighted by molar-refractivity contribution is 5.86. The highest BCUT2D eigenvalue weighted by Gasteiger charge is 2.29. The molecule has 0 rings (SSSR count). The van der Waals surface area contributed by atoms with Crippen LogP contribution in [0.1, 0.15) is 111 Å². The van der Waals surface area contributed by atoms with Crippen LogP contribution in [0.4, 0.5) is 0 Å². The van der Waals surface area contributed by atoms with Crippen molar-refractivity contribution in [3.63, 3.8) is 0 Å². The molecule has 0 amide bonds. The van der Waals surface area contributed by atoms with E-state index in [4.69, 9.17) is 4.74 Å². The second-order valence-electron chi connectivity index (χ2n) is 8.77. The summed E-state index contributed by atoms with van der Waals surface area (Å²) in [5, 5.41) is 0. The molecule has 0 heterocycles. The number of carbonyl (C=O) groups is 1. The molecular weight excluding hydrogens is 370 g/mol. The maximum Gasteiger partial charge on any atom is 0.337 e. The summed E-state index contributed by atoms with van der Waals surface area (Å²) < 4.78 is 6.43. The third-order valence-corrected chi connectivity index (χ3v) is 5.74. The summed E-state index contributed by atoms with van der Waals surface area (Å²) in [7, 11) is 4.28. The minimum atomic E-state index is -0.255. The van der Waals surface area contributed by atoms with Crippen molar-refractivity contribution < 1.29 is 26.4 Å². The molecule has 0 aliphatic heterocycles. The number of hydrogen-bond acceptors (Lipinski definition) is 2. The molecule has 28 heavy (non-hydrogen) atoms. The van der Waals surface area contributed by atoms with Crippen molar-refractivity contribution in [1.29, 1.82) is 0 Å². The molecule has 0 fully saturated rings. The van der Waals surface area contributed by atoms with Crippen molar-refractivity contribution in [2.75, 3.05) is 20.6 Å². The van der Waals surface area contributed by atoms with E-state index in [0.29, 0.717) is 5.57 Å². The Morgan fingerprint density at radius 3 is 1.57 bits per heavy atom. The first-order valence-electron chi connectivity index (χ1n) is 11.5. The second kappa shape index (κ2) is 18.5. The monoisotopic (exact) mass is 417 g/mol. The minimum Gasteiger partial charge on any atom is -1.00 e. The van der Waals surface area contributed by atoms with Gasteiger partial charge in [0, 0.05) is 12.0 Å². The first-order valence-corrected chi connectivity index (χ1v) is 11.5. The second-order valence-corrected chi connectivity index (χ2v) is 8.77. The average Bonchev–Trinajstić information content (AvgIpc) is 2.64. The maximum absolute atomic E-state index is 11.9. The van der Waals surface area contributed by atoms with Gasteiger partial charge in [-0.3, -0.25) is 4.48 Å². The van der Waals surface area contributed by atoms with Gasteiger partial charge in [-0.05, 0) is 20.3 Å². The fourth-order valence-electron chi connectivity index (χ4n) is 3.32. The third-order valence-electron chi connectivity index (χ3n) is 5.74. The summed E-state index contributed by atoms with van der Waals surface area (Å²) in [6, 6.07) is 0. The van der Waals surface area contributed by atoms with Gasteiger partial charge in [0.05, 0.1) is 20.6 Å². The van der Waals surface area contributed by atoms with Crippen LogP contribution in [-0.4, -0.2) is 37.3 Å². The Labute approximate surface area is 182 Å². The first-order chi connectivity index (χ1) is 12.8. The number of nitrogens with zero attached hydrogens (tertiary/aromatic N) is 1. The number of carbonyl (C=O) groups excluding carboxylic acids is 1.